The molecule has 1 unspecified atom stereocenters. The standard InChI is InChI=1S/C16H24N2O3/c1-5-21-15(19)13(4)18(16(20)17-12(2)3)11-14-9-7-6-8-10-14/h6-10,12-13H,5,11H2,1-4H3,(H,17,20). The molecule has 0 fully saturated rings. The van der Waals surface area contributed by atoms with Crippen LogP contribution in [0.3, 0.4) is 0 Å². The number of nitrogens with one attached hydrogen (secondary N) is 1. The van der Waals surface area contributed by atoms with Gasteiger partial charge in [-0.05, 0) is 33.3 Å². The van der Waals surface area contributed by atoms with Crippen molar-refractivity contribution in [2.45, 2.75) is 46.3 Å². The second-order valence-electron chi connectivity index (χ2n) is 5.15. The van der Waals surface area contributed by atoms with Crippen LogP contribution in [0, 0.1) is 0 Å². The number of rotatable bonds is 6. The van der Waals surface area contributed by atoms with Crippen LogP contribution in [0.25, 0.3) is 0 Å². The molecule has 21 heavy (non-hydrogen) atoms. The van der Waals surface area contributed by atoms with Crippen LogP contribution in [0.1, 0.15) is 33.3 Å². The Balaban J connectivity index is 2.88. The number of carbonyl (C=O) groups is 2. The number of nitrogens with zero attached hydrogens (tertiary/aromatic N) is 1. The van der Waals surface area contributed by atoms with Crippen LogP contribution < -0.4 is 5.32 Å². The average molecular weight is 292 g/mol. The predicted molar refractivity (Wildman–Crippen MR) is 81.7 cm³/mol. The maximum Gasteiger partial charge on any atom is 0.328 e. The van der Waals surface area contributed by atoms with E-state index in [0.717, 1.165) is 5.56 Å². The van der Waals surface area contributed by atoms with Crippen LogP contribution in [0.2, 0.25) is 0 Å². The third-order valence-corrected chi connectivity index (χ3v) is 2.96. The molecule has 0 aliphatic rings. The first kappa shape index (κ1) is 17.0. The zero-order chi connectivity index (χ0) is 15.8. The van der Waals surface area contributed by atoms with Crippen molar-refractivity contribution in [3.05, 3.63) is 35.9 Å². The molecule has 1 N–H and O–H groups in total. The van der Waals surface area contributed by atoms with E-state index in [4.69, 9.17) is 4.74 Å². The summed E-state index contributed by atoms with van der Waals surface area (Å²) in [5.41, 5.74) is 0.965. The summed E-state index contributed by atoms with van der Waals surface area (Å²) in [7, 11) is 0. The quantitative estimate of drug-likeness (QED) is 0.820. The van der Waals surface area contributed by atoms with Crippen LogP contribution in [0.5, 0.6) is 0 Å². The number of esters is 1. The van der Waals surface area contributed by atoms with Crippen LogP contribution >= 0.6 is 0 Å². The van der Waals surface area contributed by atoms with Gasteiger partial charge in [-0.2, -0.15) is 0 Å². The van der Waals surface area contributed by atoms with Crippen molar-refractivity contribution in [2.75, 3.05) is 6.61 Å². The first-order valence-corrected chi connectivity index (χ1v) is 7.23. The lowest BCUT2D eigenvalue weighted by atomic mass is 10.2. The maximum absolute atomic E-state index is 12.3. The van der Waals surface area contributed by atoms with E-state index in [-0.39, 0.29) is 12.1 Å². The van der Waals surface area contributed by atoms with Gasteiger partial charge in [-0.3, -0.25) is 0 Å². The van der Waals surface area contributed by atoms with Crippen LogP contribution in [0.4, 0.5) is 4.79 Å². The van der Waals surface area contributed by atoms with Gasteiger partial charge in [-0.15, -0.1) is 0 Å². The predicted octanol–water partition coefficient (Wildman–Crippen LogP) is 2.56. The second-order valence-corrected chi connectivity index (χ2v) is 5.15. The molecule has 5 nitrogen and oxygen atoms in total. The highest BCUT2D eigenvalue weighted by Crippen LogP contribution is 2.10. The van der Waals surface area contributed by atoms with E-state index in [9.17, 15) is 9.59 Å². The molecule has 0 aliphatic carbocycles. The van der Waals surface area contributed by atoms with Crippen LogP contribution in [0.15, 0.2) is 30.3 Å². The molecule has 0 aromatic heterocycles. The van der Waals surface area contributed by atoms with E-state index in [1.54, 1.807) is 13.8 Å². The smallest absolute Gasteiger partial charge is 0.328 e. The number of urea groups is 1. The molecule has 116 valence electrons. The molecular weight excluding hydrogens is 268 g/mol. The topological polar surface area (TPSA) is 58.6 Å². The summed E-state index contributed by atoms with van der Waals surface area (Å²) in [6.45, 7) is 7.86. The molecule has 0 saturated carbocycles. The Labute approximate surface area is 126 Å². The lowest BCUT2D eigenvalue weighted by molar-refractivity contribution is -0.148. The molecule has 0 saturated heterocycles. The Kier molecular flexibility index (Phi) is 6.72. The highest BCUT2D eigenvalue weighted by molar-refractivity contribution is 5.83. The molecule has 1 aromatic carbocycles. The van der Waals surface area contributed by atoms with E-state index in [1.165, 1.54) is 4.90 Å². The minimum atomic E-state index is -0.635. The van der Waals surface area contributed by atoms with Gasteiger partial charge >= 0.3 is 12.0 Å². The molecule has 5 heteroatoms. The molecular formula is C16H24N2O3. The van der Waals surface area contributed by atoms with Gasteiger partial charge < -0.3 is 15.0 Å². The van der Waals surface area contributed by atoms with Gasteiger partial charge in [0.15, 0.2) is 0 Å². The zero-order valence-electron chi connectivity index (χ0n) is 13.1. The first-order chi connectivity index (χ1) is 9.95. The van der Waals surface area contributed by atoms with E-state index in [1.807, 2.05) is 44.2 Å². The van der Waals surface area contributed by atoms with Crippen molar-refractivity contribution in [3.8, 4) is 0 Å². The summed E-state index contributed by atoms with van der Waals surface area (Å²) in [4.78, 5) is 25.7. The van der Waals surface area contributed by atoms with Gasteiger partial charge in [0.05, 0.1) is 6.61 Å². The minimum absolute atomic E-state index is 0.00479. The highest BCUT2D eigenvalue weighted by atomic mass is 16.5. The van der Waals surface area contributed by atoms with E-state index < -0.39 is 12.0 Å². The molecule has 0 spiro atoms. The van der Waals surface area contributed by atoms with Crippen LogP contribution in [-0.4, -0.2) is 35.6 Å². The van der Waals surface area contributed by atoms with Gasteiger partial charge in [-0.1, -0.05) is 30.3 Å². The third-order valence-electron chi connectivity index (χ3n) is 2.96. The van der Waals surface area contributed by atoms with E-state index in [2.05, 4.69) is 5.32 Å². The van der Waals surface area contributed by atoms with Crippen molar-refractivity contribution < 1.29 is 14.3 Å². The molecule has 0 aliphatic heterocycles. The number of hydrogen-bond donors (Lipinski definition) is 1. The number of ether oxygens (including phenoxy) is 1. The van der Waals surface area contributed by atoms with E-state index >= 15 is 0 Å². The summed E-state index contributed by atoms with van der Waals surface area (Å²) in [5.74, 6) is -0.396. The molecule has 1 atom stereocenters. The fourth-order valence-corrected chi connectivity index (χ4v) is 1.88. The second kappa shape index (κ2) is 8.29. The Morgan fingerprint density at radius 2 is 1.81 bits per heavy atom. The number of amides is 2. The lowest BCUT2D eigenvalue weighted by Crippen LogP contribution is -2.49. The van der Waals surface area contributed by atoms with Crippen LogP contribution in [-0.2, 0) is 16.1 Å². The van der Waals surface area contributed by atoms with Gasteiger partial charge in [0.1, 0.15) is 6.04 Å². The molecule has 2 amide bonds. The molecule has 1 aromatic rings. The molecule has 0 bridgehead atoms. The first-order valence-electron chi connectivity index (χ1n) is 7.23. The van der Waals surface area contributed by atoms with Crippen molar-refractivity contribution in [3.63, 3.8) is 0 Å². The van der Waals surface area contributed by atoms with Gasteiger partial charge in [0.2, 0.25) is 0 Å². The largest absolute Gasteiger partial charge is 0.464 e. The number of hydrogen-bond acceptors (Lipinski definition) is 3. The number of carbonyl (C=O) groups excluding carboxylic acids is 2. The van der Waals surface area contributed by atoms with Crippen molar-refractivity contribution >= 4 is 12.0 Å². The maximum atomic E-state index is 12.3. The summed E-state index contributed by atoms with van der Waals surface area (Å²) in [6.07, 6.45) is 0. The highest BCUT2D eigenvalue weighted by Gasteiger charge is 2.27. The Morgan fingerprint density at radius 1 is 1.19 bits per heavy atom. The monoisotopic (exact) mass is 292 g/mol. The van der Waals surface area contributed by atoms with Crippen molar-refractivity contribution in [2.24, 2.45) is 0 Å². The summed E-state index contributed by atoms with van der Waals surface area (Å²) in [6, 6.07) is 8.67. The van der Waals surface area contributed by atoms with Crippen molar-refractivity contribution in [1.29, 1.82) is 0 Å². The average Bonchev–Trinajstić information content (AvgIpc) is 2.44. The van der Waals surface area contributed by atoms with Gasteiger partial charge in [-0.25, -0.2) is 9.59 Å². The van der Waals surface area contributed by atoms with Crippen molar-refractivity contribution in [1.82, 2.24) is 10.2 Å². The third kappa shape index (κ3) is 5.45. The Hall–Kier alpha value is -2.04. The molecule has 0 heterocycles. The van der Waals surface area contributed by atoms with Gasteiger partial charge in [0, 0.05) is 12.6 Å². The zero-order valence-corrected chi connectivity index (χ0v) is 13.1. The summed E-state index contributed by atoms with van der Waals surface area (Å²) in [5, 5.41) is 2.82. The SMILES string of the molecule is CCOC(=O)C(C)N(Cc1ccccc1)C(=O)NC(C)C. The van der Waals surface area contributed by atoms with Gasteiger partial charge in [0.25, 0.3) is 0 Å². The van der Waals surface area contributed by atoms with E-state index in [0.29, 0.717) is 13.2 Å². The lowest BCUT2D eigenvalue weighted by Gasteiger charge is -2.29. The fraction of sp³-hybridized carbons (Fsp3) is 0.500. The Bertz CT molecular complexity index is 460. The number of benzene rings is 1. The summed E-state index contributed by atoms with van der Waals surface area (Å²) >= 11 is 0. The fourth-order valence-electron chi connectivity index (χ4n) is 1.88. The minimum Gasteiger partial charge on any atom is -0.464 e. The normalized spacial score (nSPS) is 11.9. The molecule has 0 radical (unpaired) electrons. The summed E-state index contributed by atoms with van der Waals surface area (Å²) < 4.78 is 5.02. The Morgan fingerprint density at radius 3 is 2.33 bits per heavy atom. The molecule has 1 rings (SSSR count).